The molecule has 152 valence electrons. The molecule has 1 aromatic heterocycles. The van der Waals surface area contributed by atoms with Gasteiger partial charge < -0.3 is 0 Å². The highest BCUT2D eigenvalue weighted by atomic mass is 14.9. The molecule has 0 saturated heterocycles. The maximum Gasteiger partial charge on any atom is 0.212 e. The van der Waals surface area contributed by atoms with E-state index in [1.807, 2.05) is 81.9 Å². The van der Waals surface area contributed by atoms with Gasteiger partial charge in [-0.2, -0.15) is 0 Å². The average Bonchev–Trinajstić information content (AvgIpc) is 2.72. The number of benzene rings is 2. The summed E-state index contributed by atoms with van der Waals surface area (Å²) in [4.78, 5) is 0. The van der Waals surface area contributed by atoms with E-state index < -0.39 is 24.5 Å². The van der Waals surface area contributed by atoms with Gasteiger partial charge in [-0.15, -0.1) is 0 Å². The van der Waals surface area contributed by atoms with Crippen molar-refractivity contribution in [1.29, 1.82) is 0 Å². The molecule has 0 unspecified atom stereocenters. The number of aromatic nitrogens is 1. The van der Waals surface area contributed by atoms with Gasteiger partial charge in [0.15, 0.2) is 6.20 Å². The lowest BCUT2D eigenvalue weighted by Crippen LogP contribution is -2.33. The largest absolute Gasteiger partial charge is 0.212 e. The van der Waals surface area contributed by atoms with Gasteiger partial charge in [-0.1, -0.05) is 71.0 Å². The summed E-state index contributed by atoms with van der Waals surface area (Å²) >= 11 is 0. The van der Waals surface area contributed by atoms with E-state index in [1.165, 1.54) is 0 Å². The van der Waals surface area contributed by atoms with Crippen LogP contribution in [-0.2, 0) is 13.4 Å². The molecule has 0 aliphatic rings. The highest BCUT2D eigenvalue weighted by Gasteiger charge is 2.23. The van der Waals surface area contributed by atoms with Crippen molar-refractivity contribution in [3.05, 3.63) is 77.0 Å². The zero-order chi connectivity index (χ0) is 26.6. The number of nitrogens with zero attached hydrogens (tertiary/aromatic N) is 1. The van der Waals surface area contributed by atoms with Gasteiger partial charge in [-0.05, 0) is 65.3 Å². The van der Waals surface area contributed by atoms with Gasteiger partial charge in [0.2, 0.25) is 5.69 Å². The van der Waals surface area contributed by atoms with E-state index in [0.29, 0.717) is 22.3 Å². The first-order valence-electron chi connectivity index (χ1n) is 13.1. The predicted molar refractivity (Wildman–Crippen MR) is 125 cm³/mol. The molecule has 3 rings (SSSR count). The second-order valence-corrected chi connectivity index (χ2v) is 9.00. The van der Waals surface area contributed by atoms with E-state index in [2.05, 4.69) is 0 Å². The second-order valence-electron chi connectivity index (χ2n) is 9.00. The molecular formula is C28H36N+. The second kappa shape index (κ2) is 8.14. The molecule has 0 bridgehead atoms. The quantitative estimate of drug-likeness (QED) is 0.414. The predicted octanol–water partition coefficient (Wildman–Crippen LogP) is 7.17. The van der Waals surface area contributed by atoms with E-state index in [1.54, 1.807) is 26.0 Å². The maximum absolute atomic E-state index is 9.01. The molecule has 2 aromatic carbocycles. The van der Waals surface area contributed by atoms with Crippen molar-refractivity contribution in [3.63, 3.8) is 0 Å². The Kier molecular flexibility index (Phi) is 4.09. The van der Waals surface area contributed by atoms with Crippen LogP contribution in [0.2, 0.25) is 0 Å². The van der Waals surface area contributed by atoms with Crippen molar-refractivity contribution < 1.29 is 12.8 Å². The van der Waals surface area contributed by atoms with Gasteiger partial charge in [0, 0.05) is 25.4 Å². The molecule has 0 saturated carbocycles. The summed E-state index contributed by atoms with van der Waals surface area (Å²) in [5, 5.41) is 0. The minimum absolute atomic E-state index is 0.306. The molecular weight excluding hydrogens is 350 g/mol. The van der Waals surface area contributed by atoms with Crippen molar-refractivity contribution >= 4 is 0 Å². The molecule has 0 aliphatic heterocycles. The summed E-state index contributed by atoms with van der Waals surface area (Å²) in [5.41, 5.74) is 4.90. The molecule has 1 heterocycles. The molecule has 0 spiro atoms. The monoisotopic (exact) mass is 392 g/mol. The topological polar surface area (TPSA) is 3.88 Å². The average molecular weight is 393 g/mol. The van der Waals surface area contributed by atoms with Crippen LogP contribution in [0, 0.1) is 19.2 Å². The minimum atomic E-state index is -2.24. The first-order chi connectivity index (χ1) is 15.9. The van der Waals surface area contributed by atoms with Crippen LogP contribution in [0.25, 0.3) is 22.4 Å². The lowest BCUT2D eigenvalue weighted by molar-refractivity contribution is -0.661. The van der Waals surface area contributed by atoms with Crippen LogP contribution in [0.5, 0.6) is 0 Å². The lowest BCUT2D eigenvalue weighted by Gasteiger charge is -2.22. The van der Waals surface area contributed by atoms with E-state index in [0.717, 1.165) is 22.4 Å². The highest BCUT2D eigenvalue weighted by Crippen LogP contribution is 2.34. The molecule has 0 aliphatic carbocycles. The SMILES string of the molecule is [2H]C([2H])([2H])c1ccccc1-c1cccc(-c2cc(C([2H])([2H])C(C)(C)C)c(C([2H])(C)C)c[n+]2C)c1C. The fourth-order valence-electron chi connectivity index (χ4n) is 3.75. The van der Waals surface area contributed by atoms with Crippen molar-refractivity contribution in [2.45, 2.75) is 60.7 Å². The van der Waals surface area contributed by atoms with Crippen molar-refractivity contribution in [2.24, 2.45) is 12.5 Å². The zero-order valence-electron chi connectivity index (χ0n) is 24.6. The molecule has 1 nitrogen and oxygen atoms in total. The number of aryl methyl sites for hydroxylation is 2. The van der Waals surface area contributed by atoms with Crippen molar-refractivity contribution in [2.75, 3.05) is 0 Å². The Morgan fingerprint density at radius 1 is 1.03 bits per heavy atom. The van der Waals surface area contributed by atoms with Crippen LogP contribution in [0.3, 0.4) is 0 Å². The Balaban J connectivity index is 2.34. The third kappa shape index (κ3) is 4.61. The Hall–Kier alpha value is -2.41. The third-order valence-electron chi connectivity index (χ3n) is 5.15. The van der Waals surface area contributed by atoms with Crippen LogP contribution in [0.4, 0.5) is 0 Å². The zero-order valence-corrected chi connectivity index (χ0v) is 18.6. The molecule has 1 heteroatoms. The smallest absolute Gasteiger partial charge is 0.201 e. The van der Waals surface area contributed by atoms with E-state index >= 15 is 0 Å². The molecule has 3 aromatic rings. The molecule has 0 atom stereocenters. The molecule has 0 fully saturated rings. The minimum Gasteiger partial charge on any atom is -0.201 e. The summed E-state index contributed by atoms with van der Waals surface area (Å²) in [5.74, 6) is -0.986. The summed E-state index contributed by atoms with van der Waals surface area (Å²) in [6.45, 7) is 8.92. The third-order valence-corrected chi connectivity index (χ3v) is 5.15. The fraction of sp³-hybridized carbons (Fsp3) is 0.393. The van der Waals surface area contributed by atoms with Crippen LogP contribution in [0.1, 0.15) is 71.0 Å². The van der Waals surface area contributed by atoms with Gasteiger partial charge in [-0.25, -0.2) is 4.57 Å². The van der Waals surface area contributed by atoms with Gasteiger partial charge in [0.05, 0.1) is 0 Å². The van der Waals surface area contributed by atoms with E-state index in [-0.39, 0.29) is 0 Å². The van der Waals surface area contributed by atoms with Gasteiger partial charge in [-0.3, -0.25) is 0 Å². The van der Waals surface area contributed by atoms with Gasteiger partial charge in [0.1, 0.15) is 7.05 Å². The Labute approximate surface area is 185 Å². The van der Waals surface area contributed by atoms with Gasteiger partial charge >= 0.3 is 0 Å². The molecule has 29 heavy (non-hydrogen) atoms. The Bertz CT molecular complexity index is 1240. The van der Waals surface area contributed by atoms with Crippen molar-refractivity contribution in [3.8, 4) is 22.4 Å². The van der Waals surface area contributed by atoms with Crippen molar-refractivity contribution in [1.82, 2.24) is 0 Å². The fourth-order valence-corrected chi connectivity index (χ4v) is 3.75. The lowest BCUT2D eigenvalue weighted by atomic mass is 9.83. The number of pyridine rings is 1. The summed E-state index contributed by atoms with van der Waals surface area (Å²) < 4.78 is 52.6. The molecule has 0 N–H and O–H groups in total. The standard InChI is InChI=1S/C28H36N/c1-19(2)26-18-29(8)27(16-22(26)17-28(5,6)7)25-15-11-14-24(21(25)4)23-13-10-9-12-20(23)3/h9-16,18-19H,17H2,1-8H3/q+1/i3D3,17D2,19D. The number of rotatable bonds is 4. The van der Waals surface area contributed by atoms with E-state index in [4.69, 9.17) is 8.22 Å². The van der Waals surface area contributed by atoms with Crippen LogP contribution < -0.4 is 4.57 Å². The Morgan fingerprint density at radius 3 is 2.34 bits per heavy atom. The Morgan fingerprint density at radius 2 is 1.69 bits per heavy atom. The first-order valence-corrected chi connectivity index (χ1v) is 10.1. The van der Waals surface area contributed by atoms with E-state index in [9.17, 15) is 0 Å². The van der Waals surface area contributed by atoms with Crippen LogP contribution in [-0.4, -0.2) is 0 Å². The summed E-state index contributed by atoms with van der Waals surface area (Å²) in [7, 11) is 1.91. The maximum atomic E-state index is 9.01. The van der Waals surface area contributed by atoms with Gasteiger partial charge in [0.25, 0.3) is 0 Å². The molecule has 0 amide bonds. The summed E-state index contributed by atoms with van der Waals surface area (Å²) in [6.07, 6.45) is 0.187. The van der Waals surface area contributed by atoms with Crippen LogP contribution >= 0.6 is 0 Å². The summed E-state index contributed by atoms with van der Waals surface area (Å²) in [6, 6.07) is 14.8. The van der Waals surface area contributed by atoms with Crippen LogP contribution in [0.15, 0.2) is 54.7 Å². The first kappa shape index (κ1) is 14.6. The number of hydrogen-bond donors (Lipinski definition) is 0. The molecule has 0 radical (unpaired) electrons. The normalized spacial score (nSPS) is 16.2. The number of hydrogen-bond acceptors (Lipinski definition) is 0. The highest BCUT2D eigenvalue weighted by molar-refractivity contribution is 5.77.